The standard InChI is InChI=1S/C16H26N4O2/c1-13(12-22-2)19-16(21)11-20-8-6-14(10-20)9-18-15-5-3-4-7-17-15/h3-5,7,13-14H,6,8-12H2,1-2H3,(H,17,18)(H,19,21)/t13-,14-/m1/s1. The van der Waals surface area contributed by atoms with Gasteiger partial charge >= 0.3 is 0 Å². The first-order valence-electron chi connectivity index (χ1n) is 7.83. The zero-order valence-corrected chi connectivity index (χ0v) is 13.4. The lowest BCUT2D eigenvalue weighted by Crippen LogP contribution is -2.42. The van der Waals surface area contributed by atoms with E-state index in [2.05, 4.69) is 20.5 Å². The van der Waals surface area contributed by atoms with Crippen molar-refractivity contribution in [2.45, 2.75) is 19.4 Å². The number of anilines is 1. The molecular formula is C16H26N4O2. The topological polar surface area (TPSA) is 66.5 Å². The molecule has 1 amide bonds. The fraction of sp³-hybridized carbons (Fsp3) is 0.625. The van der Waals surface area contributed by atoms with E-state index in [1.54, 1.807) is 13.3 Å². The molecular weight excluding hydrogens is 280 g/mol. The van der Waals surface area contributed by atoms with Crippen LogP contribution >= 0.6 is 0 Å². The van der Waals surface area contributed by atoms with Crippen molar-refractivity contribution in [2.24, 2.45) is 5.92 Å². The van der Waals surface area contributed by atoms with E-state index in [4.69, 9.17) is 4.74 Å². The van der Waals surface area contributed by atoms with Crippen LogP contribution in [-0.4, -0.2) is 61.7 Å². The quantitative estimate of drug-likeness (QED) is 0.749. The number of aromatic nitrogens is 1. The summed E-state index contributed by atoms with van der Waals surface area (Å²) < 4.78 is 5.02. The number of carbonyl (C=O) groups excluding carboxylic acids is 1. The first-order chi connectivity index (χ1) is 10.7. The molecule has 22 heavy (non-hydrogen) atoms. The molecule has 0 aliphatic carbocycles. The Kier molecular flexibility index (Phi) is 6.61. The normalized spacial score (nSPS) is 19.8. The second-order valence-electron chi connectivity index (χ2n) is 5.91. The van der Waals surface area contributed by atoms with E-state index in [0.717, 1.165) is 31.9 Å². The van der Waals surface area contributed by atoms with E-state index < -0.39 is 0 Å². The molecule has 0 bridgehead atoms. The number of likely N-dealkylation sites (tertiary alicyclic amines) is 1. The SMILES string of the molecule is COC[C@@H](C)NC(=O)CN1CC[C@H](CNc2ccccn2)C1. The Labute approximate surface area is 132 Å². The van der Waals surface area contributed by atoms with E-state index in [-0.39, 0.29) is 11.9 Å². The van der Waals surface area contributed by atoms with Crippen LogP contribution in [-0.2, 0) is 9.53 Å². The third kappa shape index (κ3) is 5.61. The van der Waals surface area contributed by atoms with Crippen molar-refractivity contribution in [1.29, 1.82) is 0 Å². The summed E-state index contributed by atoms with van der Waals surface area (Å²) in [5.74, 6) is 1.54. The summed E-state index contributed by atoms with van der Waals surface area (Å²) in [4.78, 5) is 18.4. The van der Waals surface area contributed by atoms with Crippen molar-refractivity contribution in [3.63, 3.8) is 0 Å². The summed E-state index contributed by atoms with van der Waals surface area (Å²) in [5, 5.41) is 6.30. The van der Waals surface area contributed by atoms with Crippen LogP contribution in [0.15, 0.2) is 24.4 Å². The minimum atomic E-state index is 0.0571. The summed E-state index contributed by atoms with van der Waals surface area (Å²) in [5.41, 5.74) is 0. The summed E-state index contributed by atoms with van der Waals surface area (Å²) in [6, 6.07) is 5.91. The fourth-order valence-corrected chi connectivity index (χ4v) is 2.75. The summed E-state index contributed by atoms with van der Waals surface area (Å²) in [6.07, 6.45) is 2.90. The zero-order chi connectivity index (χ0) is 15.8. The molecule has 122 valence electrons. The monoisotopic (exact) mass is 306 g/mol. The first kappa shape index (κ1) is 16.7. The van der Waals surface area contributed by atoms with Crippen LogP contribution in [0.25, 0.3) is 0 Å². The van der Waals surface area contributed by atoms with E-state index in [1.807, 2.05) is 25.1 Å². The number of carbonyl (C=O) groups is 1. The predicted octanol–water partition coefficient (Wildman–Crippen LogP) is 0.967. The molecule has 1 aromatic rings. The Morgan fingerprint density at radius 3 is 3.14 bits per heavy atom. The molecule has 2 rings (SSSR count). The number of amides is 1. The molecule has 0 aromatic carbocycles. The van der Waals surface area contributed by atoms with Crippen LogP contribution in [0.2, 0.25) is 0 Å². The zero-order valence-electron chi connectivity index (χ0n) is 13.4. The molecule has 1 fully saturated rings. The summed E-state index contributed by atoms with van der Waals surface area (Å²) >= 11 is 0. The Hall–Kier alpha value is -1.66. The molecule has 2 N–H and O–H groups in total. The number of hydrogen-bond donors (Lipinski definition) is 2. The minimum Gasteiger partial charge on any atom is -0.383 e. The van der Waals surface area contributed by atoms with Crippen molar-refractivity contribution in [3.8, 4) is 0 Å². The van der Waals surface area contributed by atoms with Gasteiger partial charge in [-0.3, -0.25) is 9.69 Å². The second kappa shape index (κ2) is 8.70. The van der Waals surface area contributed by atoms with Gasteiger partial charge in [-0.15, -0.1) is 0 Å². The Balaban J connectivity index is 1.66. The van der Waals surface area contributed by atoms with E-state index in [0.29, 0.717) is 19.1 Å². The smallest absolute Gasteiger partial charge is 0.234 e. The molecule has 0 radical (unpaired) electrons. The fourth-order valence-electron chi connectivity index (χ4n) is 2.75. The molecule has 2 heterocycles. The van der Waals surface area contributed by atoms with Gasteiger partial charge in [0.1, 0.15) is 5.82 Å². The number of hydrogen-bond acceptors (Lipinski definition) is 5. The predicted molar refractivity (Wildman–Crippen MR) is 86.8 cm³/mol. The van der Waals surface area contributed by atoms with Gasteiger partial charge in [0.25, 0.3) is 0 Å². The molecule has 1 aromatic heterocycles. The highest BCUT2D eigenvalue weighted by molar-refractivity contribution is 5.78. The average Bonchev–Trinajstić information content (AvgIpc) is 2.93. The lowest BCUT2D eigenvalue weighted by atomic mass is 10.1. The van der Waals surface area contributed by atoms with Gasteiger partial charge in [-0.1, -0.05) is 6.07 Å². The van der Waals surface area contributed by atoms with Gasteiger partial charge in [-0.05, 0) is 37.9 Å². The van der Waals surface area contributed by atoms with Crippen molar-refractivity contribution < 1.29 is 9.53 Å². The molecule has 1 saturated heterocycles. The Morgan fingerprint density at radius 1 is 1.55 bits per heavy atom. The van der Waals surface area contributed by atoms with Gasteiger partial charge in [0.15, 0.2) is 0 Å². The number of pyridine rings is 1. The number of methoxy groups -OCH3 is 1. The largest absolute Gasteiger partial charge is 0.383 e. The van der Waals surface area contributed by atoms with E-state index in [9.17, 15) is 4.79 Å². The van der Waals surface area contributed by atoms with Crippen LogP contribution in [0.3, 0.4) is 0 Å². The van der Waals surface area contributed by atoms with Crippen molar-refractivity contribution in [1.82, 2.24) is 15.2 Å². The summed E-state index contributed by atoms with van der Waals surface area (Å²) in [7, 11) is 1.64. The lowest BCUT2D eigenvalue weighted by molar-refractivity contribution is -0.123. The number of rotatable bonds is 8. The first-order valence-corrected chi connectivity index (χ1v) is 7.83. The van der Waals surface area contributed by atoms with Crippen molar-refractivity contribution in [3.05, 3.63) is 24.4 Å². The number of nitrogens with zero attached hydrogens (tertiary/aromatic N) is 2. The molecule has 0 unspecified atom stereocenters. The minimum absolute atomic E-state index is 0.0571. The second-order valence-corrected chi connectivity index (χ2v) is 5.91. The number of nitrogens with one attached hydrogen (secondary N) is 2. The lowest BCUT2D eigenvalue weighted by Gasteiger charge is -2.18. The van der Waals surface area contributed by atoms with Gasteiger partial charge in [0, 0.05) is 32.4 Å². The molecule has 1 aliphatic rings. The van der Waals surface area contributed by atoms with E-state index >= 15 is 0 Å². The van der Waals surface area contributed by atoms with Gasteiger partial charge < -0.3 is 15.4 Å². The molecule has 0 saturated carbocycles. The van der Waals surface area contributed by atoms with Crippen LogP contribution < -0.4 is 10.6 Å². The van der Waals surface area contributed by atoms with Gasteiger partial charge in [0.2, 0.25) is 5.91 Å². The van der Waals surface area contributed by atoms with Crippen molar-refractivity contribution >= 4 is 11.7 Å². The summed E-state index contributed by atoms with van der Waals surface area (Å²) in [6.45, 7) is 5.78. The third-order valence-electron chi connectivity index (χ3n) is 3.80. The van der Waals surface area contributed by atoms with Gasteiger partial charge in [-0.2, -0.15) is 0 Å². The van der Waals surface area contributed by atoms with Crippen LogP contribution in [0, 0.1) is 5.92 Å². The highest BCUT2D eigenvalue weighted by Gasteiger charge is 2.24. The molecule has 6 heteroatoms. The molecule has 2 atom stereocenters. The van der Waals surface area contributed by atoms with Gasteiger partial charge in [0.05, 0.1) is 13.2 Å². The molecule has 0 spiro atoms. The Bertz CT molecular complexity index is 455. The van der Waals surface area contributed by atoms with Gasteiger partial charge in [-0.25, -0.2) is 4.98 Å². The Morgan fingerprint density at radius 2 is 2.41 bits per heavy atom. The van der Waals surface area contributed by atoms with Crippen LogP contribution in [0.5, 0.6) is 0 Å². The maximum atomic E-state index is 11.9. The average molecular weight is 306 g/mol. The van der Waals surface area contributed by atoms with E-state index in [1.165, 1.54) is 0 Å². The highest BCUT2D eigenvalue weighted by atomic mass is 16.5. The third-order valence-corrected chi connectivity index (χ3v) is 3.80. The maximum Gasteiger partial charge on any atom is 0.234 e. The van der Waals surface area contributed by atoms with Crippen molar-refractivity contribution in [2.75, 3.05) is 45.2 Å². The highest BCUT2D eigenvalue weighted by Crippen LogP contribution is 2.16. The van der Waals surface area contributed by atoms with Crippen LogP contribution in [0.1, 0.15) is 13.3 Å². The number of ether oxygens (including phenoxy) is 1. The maximum absolute atomic E-state index is 11.9. The molecule has 6 nitrogen and oxygen atoms in total. The molecule has 1 aliphatic heterocycles. The van der Waals surface area contributed by atoms with Crippen LogP contribution in [0.4, 0.5) is 5.82 Å².